The van der Waals surface area contributed by atoms with Gasteiger partial charge in [-0.05, 0) is 40.9 Å². The minimum atomic E-state index is -0.882. The zero-order valence-corrected chi connectivity index (χ0v) is 9.12. The molecule has 3 nitrogen and oxygen atoms in total. The number of hydrogen-bond donors (Lipinski definition) is 1. The van der Waals surface area contributed by atoms with Crippen LogP contribution in [0, 0.1) is 6.92 Å². The molecule has 0 amide bonds. The van der Waals surface area contributed by atoms with E-state index in [4.69, 9.17) is 5.11 Å². The Labute approximate surface area is 91.6 Å². The molecule has 0 aromatic carbocycles. The van der Waals surface area contributed by atoms with Crippen molar-refractivity contribution in [2.24, 2.45) is 0 Å². The third-order valence-corrected chi connectivity index (χ3v) is 3.26. The summed E-state index contributed by atoms with van der Waals surface area (Å²) in [5.74, 6) is -0.882. The van der Waals surface area contributed by atoms with Crippen molar-refractivity contribution < 1.29 is 9.90 Å². The van der Waals surface area contributed by atoms with E-state index in [2.05, 4.69) is 10.8 Å². The van der Waals surface area contributed by atoms with E-state index < -0.39 is 5.97 Å². The van der Waals surface area contributed by atoms with Gasteiger partial charge in [-0.1, -0.05) is 0 Å². The molecule has 0 bridgehead atoms. The minimum absolute atomic E-state index is 0.334. The lowest BCUT2D eigenvalue weighted by Gasteiger charge is -2.05. The topological polar surface area (TPSA) is 42.2 Å². The van der Waals surface area contributed by atoms with Crippen molar-refractivity contribution in [3.05, 3.63) is 45.9 Å². The fourth-order valence-electron chi connectivity index (χ4n) is 1.48. The quantitative estimate of drug-likeness (QED) is 0.865. The summed E-state index contributed by atoms with van der Waals surface area (Å²) in [6, 6.07) is 3.37. The first-order chi connectivity index (χ1) is 7.18. The summed E-state index contributed by atoms with van der Waals surface area (Å²) in [6.45, 7) is 2.67. The molecular formula is C11H11NO2S. The Morgan fingerprint density at radius 3 is 2.93 bits per heavy atom. The van der Waals surface area contributed by atoms with Crippen LogP contribution in [0.3, 0.4) is 0 Å². The van der Waals surface area contributed by atoms with Crippen LogP contribution >= 0.6 is 11.3 Å². The summed E-state index contributed by atoms with van der Waals surface area (Å²) < 4.78 is 1.75. The van der Waals surface area contributed by atoms with Gasteiger partial charge in [0.25, 0.3) is 0 Å². The van der Waals surface area contributed by atoms with Gasteiger partial charge < -0.3 is 9.67 Å². The van der Waals surface area contributed by atoms with Gasteiger partial charge in [0.1, 0.15) is 5.69 Å². The van der Waals surface area contributed by atoms with Crippen LogP contribution in [0.1, 0.15) is 21.6 Å². The van der Waals surface area contributed by atoms with Crippen molar-refractivity contribution in [3.8, 4) is 0 Å². The van der Waals surface area contributed by atoms with Gasteiger partial charge in [-0.25, -0.2) is 4.79 Å². The average Bonchev–Trinajstić information content (AvgIpc) is 2.77. The highest BCUT2D eigenvalue weighted by Gasteiger charge is 2.09. The Morgan fingerprint density at radius 2 is 2.33 bits per heavy atom. The average molecular weight is 221 g/mol. The molecule has 2 rings (SSSR count). The van der Waals surface area contributed by atoms with Gasteiger partial charge >= 0.3 is 5.97 Å². The van der Waals surface area contributed by atoms with Crippen molar-refractivity contribution >= 4 is 17.3 Å². The van der Waals surface area contributed by atoms with Gasteiger partial charge in [0, 0.05) is 12.7 Å². The summed E-state index contributed by atoms with van der Waals surface area (Å²) in [7, 11) is 0. The number of carboxylic acid groups (broad SMARTS) is 1. The molecule has 15 heavy (non-hydrogen) atoms. The molecule has 2 heterocycles. The maximum absolute atomic E-state index is 10.9. The van der Waals surface area contributed by atoms with Crippen LogP contribution in [0.4, 0.5) is 0 Å². The van der Waals surface area contributed by atoms with Crippen molar-refractivity contribution in [2.75, 3.05) is 0 Å². The molecule has 0 unspecified atom stereocenters. The van der Waals surface area contributed by atoms with E-state index in [9.17, 15) is 4.79 Å². The highest BCUT2D eigenvalue weighted by molar-refractivity contribution is 7.08. The molecule has 78 valence electrons. The minimum Gasteiger partial charge on any atom is -0.477 e. The van der Waals surface area contributed by atoms with Gasteiger partial charge in [0.15, 0.2) is 0 Å². The second-order valence-electron chi connectivity index (χ2n) is 3.41. The molecule has 0 aliphatic carbocycles. The van der Waals surface area contributed by atoms with E-state index in [-0.39, 0.29) is 0 Å². The molecule has 4 heteroatoms. The lowest BCUT2D eigenvalue weighted by atomic mass is 10.2. The van der Waals surface area contributed by atoms with Crippen molar-refractivity contribution in [3.63, 3.8) is 0 Å². The van der Waals surface area contributed by atoms with Gasteiger partial charge in [-0.15, -0.1) is 0 Å². The largest absolute Gasteiger partial charge is 0.477 e. The highest BCUT2D eigenvalue weighted by atomic mass is 32.1. The van der Waals surface area contributed by atoms with E-state index in [0.717, 1.165) is 0 Å². The number of aromatic carboxylic acids is 1. The number of aromatic nitrogens is 1. The molecule has 0 fully saturated rings. The summed E-state index contributed by atoms with van der Waals surface area (Å²) in [5.41, 5.74) is 2.73. The fraction of sp³-hybridized carbons (Fsp3) is 0.182. The van der Waals surface area contributed by atoms with Gasteiger partial charge in [-0.3, -0.25) is 0 Å². The Morgan fingerprint density at radius 1 is 1.53 bits per heavy atom. The predicted molar refractivity (Wildman–Crippen MR) is 59.5 cm³/mol. The van der Waals surface area contributed by atoms with Gasteiger partial charge in [0.2, 0.25) is 0 Å². The molecule has 0 saturated heterocycles. The van der Waals surface area contributed by atoms with E-state index in [1.54, 1.807) is 34.2 Å². The molecule has 0 atom stereocenters. The maximum atomic E-state index is 10.9. The molecule has 0 aliphatic rings. The first kappa shape index (κ1) is 9.98. The van der Waals surface area contributed by atoms with Gasteiger partial charge in [-0.2, -0.15) is 11.3 Å². The van der Waals surface area contributed by atoms with Crippen LogP contribution in [0.2, 0.25) is 0 Å². The summed E-state index contributed by atoms with van der Waals surface area (Å²) >= 11 is 1.64. The third-order valence-electron chi connectivity index (χ3n) is 2.35. The number of carboxylic acids is 1. The summed E-state index contributed by atoms with van der Waals surface area (Å²) in [6.07, 6.45) is 1.79. The second kappa shape index (κ2) is 3.90. The molecule has 0 aliphatic heterocycles. The molecule has 0 saturated carbocycles. The lowest BCUT2D eigenvalue weighted by Crippen LogP contribution is -2.08. The molecular weight excluding hydrogens is 210 g/mol. The highest BCUT2D eigenvalue weighted by Crippen LogP contribution is 2.16. The molecule has 0 radical (unpaired) electrons. The second-order valence-corrected chi connectivity index (χ2v) is 4.15. The predicted octanol–water partition coefficient (Wildman–Crippen LogP) is 2.60. The molecule has 2 aromatic rings. The SMILES string of the molecule is Cc1cscc1Cn1cccc1C(=O)O. The zero-order chi connectivity index (χ0) is 10.8. The number of aryl methyl sites for hydroxylation is 1. The molecule has 0 spiro atoms. The zero-order valence-electron chi connectivity index (χ0n) is 8.30. The van der Waals surface area contributed by atoms with Crippen LogP contribution in [0.5, 0.6) is 0 Å². The van der Waals surface area contributed by atoms with Crippen molar-refractivity contribution in [2.45, 2.75) is 13.5 Å². The lowest BCUT2D eigenvalue weighted by molar-refractivity contribution is 0.0685. The van der Waals surface area contributed by atoms with Crippen LogP contribution in [0.15, 0.2) is 29.1 Å². The number of nitrogens with zero attached hydrogens (tertiary/aromatic N) is 1. The normalized spacial score (nSPS) is 10.5. The Bertz CT molecular complexity index is 484. The van der Waals surface area contributed by atoms with E-state index in [1.165, 1.54) is 11.1 Å². The van der Waals surface area contributed by atoms with E-state index in [1.807, 2.05) is 6.92 Å². The number of rotatable bonds is 3. The third kappa shape index (κ3) is 1.94. The smallest absolute Gasteiger partial charge is 0.352 e. The summed E-state index contributed by atoms with van der Waals surface area (Å²) in [5, 5.41) is 13.1. The molecule has 1 N–H and O–H groups in total. The standard InChI is InChI=1S/C11H11NO2S/c1-8-6-15-7-9(8)5-12-4-2-3-10(12)11(13)14/h2-4,6-7H,5H2,1H3,(H,13,14). The monoisotopic (exact) mass is 221 g/mol. The van der Waals surface area contributed by atoms with Crippen molar-refractivity contribution in [1.82, 2.24) is 4.57 Å². The summed E-state index contributed by atoms with van der Waals surface area (Å²) in [4.78, 5) is 10.9. The van der Waals surface area contributed by atoms with Gasteiger partial charge in [0.05, 0.1) is 0 Å². The van der Waals surface area contributed by atoms with Crippen LogP contribution < -0.4 is 0 Å². The van der Waals surface area contributed by atoms with Crippen LogP contribution in [-0.4, -0.2) is 15.6 Å². The first-order valence-corrected chi connectivity index (χ1v) is 5.53. The number of hydrogen-bond acceptors (Lipinski definition) is 2. The van der Waals surface area contributed by atoms with Crippen LogP contribution in [0.25, 0.3) is 0 Å². The number of carbonyl (C=O) groups is 1. The fourth-order valence-corrected chi connectivity index (χ4v) is 2.33. The van der Waals surface area contributed by atoms with E-state index >= 15 is 0 Å². The Kier molecular flexibility index (Phi) is 2.60. The van der Waals surface area contributed by atoms with Crippen LogP contribution in [-0.2, 0) is 6.54 Å². The van der Waals surface area contributed by atoms with Crippen molar-refractivity contribution in [1.29, 1.82) is 0 Å². The number of thiophene rings is 1. The Balaban J connectivity index is 2.28. The maximum Gasteiger partial charge on any atom is 0.352 e. The van der Waals surface area contributed by atoms with E-state index in [0.29, 0.717) is 12.2 Å². The Hall–Kier alpha value is -1.55. The molecule has 2 aromatic heterocycles. The first-order valence-electron chi connectivity index (χ1n) is 4.58.